The lowest BCUT2D eigenvalue weighted by Crippen LogP contribution is -2.25. The number of hydrogen-bond acceptors (Lipinski definition) is 6. The van der Waals surface area contributed by atoms with Crippen LogP contribution in [0.4, 0.5) is 21.9 Å². The molecule has 10 heteroatoms. The molecule has 0 aliphatic rings. The van der Waals surface area contributed by atoms with Gasteiger partial charge in [0.1, 0.15) is 10.6 Å². The highest BCUT2D eigenvalue weighted by Crippen LogP contribution is 2.28. The number of rotatable bonds is 7. The van der Waals surface area contributed by atoms with E-state index in [1.165, 1.54) is 37.3 Å². The molecule has 9 nitrogen and oxygen atoms in total. The number of nitrogens with one attached hydrogen (secondary N) is 2. The summed E-state index contributed by atoms with van der Waals surface area (Å²) in [5.41, 5.74) is 2.54. The first-order valence-corrected chi connectivity index (χ1v) is 11.6. The number of anilines is 3. The number of hydrogen-bond donors (Lipinski definition) is 2. The highest BCUT2D eigenvalue weighted by Gasteiger charge is 2.22. The molecule has 0 saturated heterocycles. The molecule has 0 bridgehead atoms. The Kier molecular flexibility index (Phi) is 7.42. The third kappa shape index (κ3) is 5.65. The summed E-state index contributed by atoms with van der Waals surface area (Å²) in [6.07, 6.45) is -0.525. The minimum absolute atomic E-state index is 0.103. The van der Waals surface area contributed by atoms with Gasteiger partial charge in [0, 0.05) is 29.7 Å². The zero-order valence-electron chi connectivity index (χ0n) is 19.2. The van der Waals surface area contributed by atoms with Crippen molar-refractivity contribution in [1.29, 1.82) is 0 Å². The summed E-state index contributed by atoms with van der Waals surface area (Å²) in [5, 5.41) is 2.71. The van der Waals surface area contributed by atoms with Crippen LogP contribution in [0.5, 0.6) is 5.75 Å². The number of carbonyl (C=O) groups is 2. The molecule has 2 amide bonds. The Labute approximate surface area is 198 Å². The highest BCUT2D eigenvalue weighted by atomic mass is 32.2. The number of ether oxygens (including phenoxy) is 2. The molecule has 3 rings (SSSR count). The molecule has 178 valence electrons. The van der Waals surface area contributed by atoms with Crippen LogP contribution in [0.2, 0.25) is 0 Å². The Bertz CT molecular complexity index is 1290. The van der Waals surface area contributed by atoms with Crippen LogP contribution < -0.4 is 19.7 Å². The summed E-state index contributed by atoms with van der Waals surface area (Å²) >= 11 is 0. The quantitative estimate of drug-likeness (QED) is 0.519. The lowest BCUT2D eigenvalue weighted by Gasteiger charge is -2.16. The Hall–Kier alpha value is -4.05. The summed E-state index contributed by atoms with van der Waals surface area (Å²) < 4.78 is 38.4. The van der Waals surface area contributed by atoms with E-state index < -0.39 is 22.0 Å². The smallest absolute Gasteiger partial charge is 0.413 e. The fraction of sp³-hybridized carbons (Fsp3) is 0.167. The predicted octanol–water partition coefficient (Wildman–Crippen LogP) is 4.26. The van der Waals surface area contributed by atoms with Crippen LogP contribution in [0.3, 0.4) is 0 Å². The second kappa shape index (κ2) is 10.3. The van der Waals surface area contributed by atoms with Crippen molar-refractivity contribution in [1.82, 2.24) is 0 Å². The molecule has 3 aromatic rings. The van der Waals surface area contributed by atoms with Crippen molar-refractivity contribution in [3.63, 3.8) is 0 Å². The van der Waals surface area contributed by atoms with Crippen molar-refractivity contribution in [2.75, 3.05) is 36.2 Å². The first-order chi connectivity index (χ1) is 16.1. The van der Waals surface area contributed by atoms with Gasteiger partial charge in [-0.15, -0.1) is 0 Å². The van der Waals surface area contributed by atoms with Gasteiger partial charge in [0.05, 0.1) is 14.2 Å². The number of nitrogens with zero attached hydrogens (tertiary/aromatic N) is 1. The van der Waals surface area contributed by atoms with Crippen LogP contribution in [0.1, 0.15) is 15.9 Å². The van der Waals surface area contributed by atoms with Crippen LogP contribution >= 0.6 is 0 Å². The van der Waals surface area contributed by atoms with E-state index >= 15 is 0 Å². The Morgan fingerprint density at radius 1 is 0.882 bits per heavy atom. The number of sulfonamides is 1. The van der Waals surface area contributed by atoms with E-state index in [4.69, 9.17) is 4.74 Å². The third-order valence-corrected chi connectivity index (χ3v) is 6.38. The molecule has 0 heterocycles. The van der Waals surface area contributed by atoms with Gasteiger partial charge in [0.2, 0.25) is 0 Å². The van der Waals surface area contributed by atoms with E-state index in [1.807, 2.05) is 6.92 Å². The summed E-state index contributed by atoms with van der Waals surface area (Å²) in [7, 11) is 0.170. The molecule has 2 N–H and O–H groups in total. The molecule has 0 aliphatic carbocycles. The molecule has 0 aliphatic heterocycles. The fourth-order valence-corrected chi connectivity index (χ4v) is 4.33. The zero-order valence-corrected chi connectivity index (χ0v) is 20.0. The molecule has 0 spiro atoms. The van der Waals surface area contributed by atoms with Crippen molar-refractivity contribution < 1.29 is 27.5 Å². The summed E-state index contributed by atoms with van der Waals surface area (Å²) in [6.45, 7) is 1.90. The topological polar surface area (TPSA) is 114 Å². The summed E-state index contributed by atoms with van der Waals surface area (Å²) in [6, 6.07) is 17.5. The predicted molar refractivity (Wildman–Crippen MR) is 130 cm³/mol. The molecular formula is C24H25N3O6S. The van der Waals surface area contributed by atoms with Gasteiger partial charge in [-0.3, -0.25) is 14.4 Å². The van der Waals surface area contributed by atoms with Gasteiger partial charge in [-0.25, -0.2) is 13.2 Å². The standard InChI is InChI=1S/C24H25N3O6S/c1-16-5-8-19(9-6-16)26-34(30,31)22-15-17(7-14-21(22)32-3)23(28)25-18-10-12-20(13-11-18)27(2)24(29)33-4/h5-15,26H,1-4H3,(H,25,28). The highest BCUT2D eigenvalue weighted by molar-refractivity contribution is 7.92. The Balaban J connectivity index is 1.82. The van der Waals surface area contributed by atoms with E-state index in [9.17, 15) is 18.0 Å². The van der Waals surface area contributed by atoms with Crippen molar-refractivity contribution >= 4 is 39.1 Å². The fourth-order valence-electron chi connectivity index (χ4n) is 3.07. The molecule has 0 unspecified atom stereocenters. The van der Waals surface area contributed by atoms with E-state index in [0.717, 1.165) is 5.56 Å². The van der Waals surface area contributed by atoms with Crippen LogP contribution in [-0.4, -0.2) is 41.7 Å². The maximum Gasteiger partial charge on any atom is 0.413 e. The molecule has 0 atom stereocenters. The first kappa shape index (κ1) is 24.6. The van der Waals surface area contributed by atoms with Gasteiger partial charge < -0.3 is 14.8 Å². The third-order valence-electron chi connectivity index (χ3n) is 4.98. The van der Waals surface area contributed by atoms with E-state index in [1.54, 1.807) is 55.6 Å². The molecule has 0 saturated carbocycles. The largest absolute Gasteiger partial charge is 0.495 e. The number of methoxy groups -OCH3 is 2. The molecule has 0 fully saturated rings. The van der Waals surface area contributed by atoms with E-state index in [2.05, 4.69) is 14.8 Å². The number of aryl methyl sites for hydroxylation is 1. The van der Waals surface area contributed by atoms with Crippen LogP contribution in [0.15, 0.2) is 71.6 Å². The molecule has 3 aromatic carbocycles. The van der Waals surface area contributed by atoms with Crippen LogP contribution in [0, 0.1) is 6.92 Å². The summed E-state index contributed by atoms with van der Waals surface area (Å²) in [4.78, 5) is 25.6. The van der Waals surface area contributed by atoms with Crippen LogP contribution in [0.25, 0.3) is 0 Å². The second-order valence-corrected chi connectivity index (χ2v) is 9.02. The van der Waals surface area contributed by atoms with Gasteiger partial charge in [0.15, 0.2) is 0 Å². The lowest BCUT2D eigenvalue weighted by molar-refractivity contribution is 0.102. The van der Waals surface area contributed by atoms with Gasteiger partial charge >= 0.3 is 6.09 Å². The Morgan fingerprint density at radius 3 is 2.09 bits per heavy atom. The monoisotopic (exact) mass is 483 g/mol. The average Bonchev–Trinajstić information content (AvgIpc) is 2.84. The van der Waals surface area contributed by atoms with Gasteiger partial charge in [-0.2, -0.15) is 0 Å². The number of benzene rings is 3. The summed E-state index contributed by atoms with van der Waals surface area (Å²) in [5.74, 6) is -0.408. The first-order valence-electron chi connectivity index (χ1n) is 10.1. The van der Waals surface area contributed by atoms with E-state index in [0.29, 0.717) is 17.1 Å². The van der Waals surface area contributed by atoms with E-state index in [-0.39, 0.29) is 16.2 Å². The van der Waals surface area contributed by atoms with Crippen molar-refractivity contribution in [2.24, 2.45) is 0 Å². The normalized spacial score (nSPS) is 10.8. The maximum atomic E-state index is 13.0. The van der Waals surface area contributed by atoms with Gasteiger partial charge in [-0.1, -0.05) is 17.7 Å². The minimum Gasteiger partial charge on any atom is -0.495 e. The SMILES string of the molecule is COC(=O)N(C)c1ccc(NC(=O)c2ccc(OC)c(S(=O)(=O)Nc3ccc(C)cc3)c2)cc1. The van der Waals surface area contributed by atoms with Crippen molar-refractivity contribution in [3.05, 3.63) is 77.9 Å². The average molecular weight is 484 g/mol. The van der Waals surface area contributed by atoms with Crippen molar-refractivity contribution in [3.8, 4) is 5.75 Å². The van der Waals surface area contributed by atoms with Crippen LogP contribution in [-0.2, 0) is 14.8 Å². The zero-order chi connectivity index (χ0) is 24.9. The second-order valence-electron chi connectivity index (χ2n) is 7.37. The minimum atomic E-state index is -4.03. The van der Waals surface area contributed by atoms with Gasteiger partial charge in [-0.05, 0) is 61.5 Å². The molecule has 34 heavy (non-hydrogen) atoms. The molecule has 0 aromatic heterocycles. The molecular weight excluding hydrogens is 458 g/mol. The maximum absolute atomic E-state index is 13.0. The number of carbonyl (C=O) groups excluding carboxylic acids is 2. The van der Waals surface area contributed by atoms with Gasteiger partial charge in [0.25, 0.3) is 15.9 Å². The molecule has 0 radical (unpaired) electrons. The lowest BCUT2D eigenvalue weighted by atomic mass is 10.2. The number of amides is 2. The van der Waals surface area contributed by atoms with Crippen molar-refractivity contribution in [2.45, 2.75) is 11.8 Å². The Morgan fingerprint density at radius 2 is 1.50 bits per heavy atom.